The maximum absolute atomic E-state index is 5.78. The van der Waals surface area contributed by atoms with Gasteiger partial charge in [0.05, 0.1) is 18.5 Å². The molecule has 25 heavy (non-hydrogen) atoms. The third-order valence-electron chi connectivity index (χ3n) is 3.47. The van der Waals surface area contributed by atoms with Gasteiger partial charge in [0.25, 0.3) is 5.95 Å². The smallest absolute Gasteiger partial charge is 0.273 e. The molecule has 3 aromatic rings. The van der Waals surface area contributed by atoms with Crippen LogP contribution in [0.3, 0.4) is 0 Å². The molecule has 2 aromatic heterocycles. The molecule has 3 rings (SSSR count). The molecule has 7 nitrogen and oxygen atoms in total. The van der Waals surface area contributed by atoms with E-state index < -0.39 is 0 Å². The van der Waals surface area contributed by atoms with Gasteiger partial charge in [0.2, 0.25) is 0 Å². The summed E-state index contributed by atoms with van der Waals surface area (Å²) in [5, 5.41) is 17.0. The number of hydrogen-bond donors (Lipinski definition) is 0. The van der Waals surface area contributed by atoms with Gasteiger partial charge in [-0.05, 0) is 44.5 Å². The molecule has 0 saturated carbocycles. The molecular formula is C17H19BrN6O. The maximum Gasteiger partial charge on any atom is 0.273 e. The summed E-state index contributed by atoms with van der Waals surface area (Å²) in [6, 6.07) is 7.81. The summed E-state index contributed by atoms with van der Waals surface area (Å²) >= 11 is 3.48. The first-order valence-corrected chi connectivity index (χ1v) is 8.78. The first-order chi connectivity index (χ1) is 12.1. The van der Waals surface area contributed by atoms with Gasteiger partial charge in [-0.25, -0.2) is 4.68 Å². The van der Waals surface area contributed by atoms with Crippen molar-refractivity contribution in [3.63, 3.8) is 0 Å². The molecule has 0 aliphatic carbocycles. The van der Waals surface area contributed by atoms with E-state index in [0.717, 1.165) is 33.6 Å². The molecule has 0 spiro atoms. The zero-order valence-electron chi connectivity index (χ0n) is 14.3. The Morgan fingerprint density at radius 3 is 2.84 bits per heavy atom. The molecule has 0 radical (unpaired) electrons. The first kappa shape index (κ1) is 17.3. The fourth-order valence-corrected chi connectivity index (χ4v) is 2.74. The largest absolute Gasteiger partial charge is 0.493 e. The van der Waals surface area contributed by atoms with Crippen LogP contribution in [0.4, 0.5) is 0 Å². The lowest BCUT2D eigenvalue weighted by molar-refractivity contribution is 0.317. The third kappa shape index (κ3) is 3.96. The SMILES string of the molecule is CCCOc1ccc(Br)cc1/C=N\n1cnnc1-n1nc(C)cc1C. The number of hydrogen-bond acceptors (Lipinski definition) is 5. The van der Waals surface area contributed by atoms with Gasteiger partial charge in [-0.1, -0.05) is 22.9 Å². The lowest BCUT2D eigenvalue weighted by atomic mass is 10.2. The Balaban J connectivity index is 1.92. The minimum atomic E-state index is 0.535. The van der Waals surface area contributed by atoms with Crippen molar-refractivity contribution >= 4 is 22.1 Å². The molecule has 0 amide bonds. The van der Waals surface area contributed by atoms with E-state index >= 15 is 0 Å². The number of nitrogens with zero attached hydrogens (tertiary/aromatic N) is 6. The number of ether oxygens (including phenoxy) is 1. The Bertz CT molecular complexity index is 898. The van der Waals surface area contributed by atoms with E-state index in [4.69, 9.17) is 4.74 Å². The van der Waals surface area contributed by atoms with E-state index in [1.54, 1.807) is 21.9 Å². The highest BCUT2D eigenvalue weighted by Crippen LogP contribution is 2.22. The van der Waals surface area contributed by atoms with Gasteiger partial charge in [0.15, 0.2) is 0 Å². The topological polar surface area (TPSA) is 70.1 Å². The van der Waals surface area contributed by atoms with Gasteiger partial charge in [-0.3, -0.25) is 0 Å². The second-order valence-corrected chi connectivity index (χ2v) is 6.51. The van der Waals surface area contributed by atoms with E-state index in [0.29, 0.717) is 12.6 Å². The van der Waals surface area contributed by atoms with Crippen molar-refractivity contribution in [3.05, 3.63) is 52.0 Å². The molecule has 0 aliphatic rings. The zero-order valence-corrected chi connectivity index (χ0v) is 15.9. The van der Waals surface area contributed by atoms with E-state index in [2.05, 4.69) is 43.3 Å². The average molecular weight is 403 g/mol. The van der Waals surface area contributed by atoms with Crippen LogP contribution in [0.15, 0.2) is 40.2 Å². The summed E-state index contributed by atoms with van der Waals surface area (Å²) in [6.07, 6.45) is 4.22. The van der Waals surface area contributed by atoms with Crippen LogP contribution >= 0.6 is 15.9 Å². The molecule has 2 heterocycles. The van der Waals surface area contributed by atoms with Crippen molar-refractivity contribution < 1.29 is 4.74 Å². The van der Waals surface area contributed by atoms with Gasteiger partial charge in [-0.15, -0.1) is 10.2 Å². The molecule has 0 N–H and O–H groups in total. The summed E-state index contributed by atoms with van der Waals surface area (Å²) in [7, 11) is 0. The van der Waals surface area contributed by atoms with Crippen molar-refractivity contribution in [2.45, 2.75) is 27.2 Å². The van der Waals surface area contributed by atoms with Crippen LogP contribution < -0.4 is 4.74 Å². The standard InChI is InChI=1S/C17H19BrN6O/c1-4-7-25-16-6-5-15(18)9-14(16)10-20-23-11-19-21-17(23)24-13(3)8-12(2)22-24/h5-6,8-11H,4,7H2,1-3H3/b20-10-. The van der Waals surface area contributed by atoms with Crippen molar-refractivity contribution in [2.24, 2.45) is 5.10 Å². The van der Waals surface area contributed by atoms with E-state index in [-0.39, 0.29) is 0 Å². The Hall–Kier alpha value is -2.48. The Morgan fingerprint density at radius 2 is 2.12 bits per heavy atom. The quantitative estimate of drug-likeness (QED) is 0.591. The fraction of sp³-hybridized carbons (Fsp3) is 0.294. The van der Waals surface area contributed by atoms with Crippen LogP contribution in [-0.4, -0.2) is 37.5 Å². The predicted octanol–water partition coefficient (Wildman–Crippen LogP) is 3.51. The molecule has 130 valence electrons. The minimum Gasteiger partial charge on any atom is -0.493 e. The van der Waals surface area contributed by atoms with Crippen LogP contribution in [-0.2, 0) is 0 Å². The van der Waals surface area contributed by atoms with E-state index in [1.807, 2.05) is 38.1 Å². The summed E-state index contributed by atoms with van der Waals surface area (Å²) in [4.78, 5) is 0. The zero-order chi connectivity index (χ0) is 17.8. The molecule has 0 aliphatic heterocycles. The van der Waals surface area contributed by atoms with Gasteiger partial charge in [0, 0.05) is 15.7 Å². The van der Waals surface area contributed by atoms with Crippen molar-refractivity contribution in [1.82, 2.24) is 24.7 Å². The highest BCUT2D eigenvalue weighted by molar-refractivity contribution is 9.10. The number of aryl methyl sites for hydroxylation is 2. The lowest BCUT2D eigenvalue weighted by Gasteiger charge is -2.08. The molecule has 1 aromatic carbocycles. The lowest BCUT2D eigenvalue weighted by Crippen LogP contribution is -2.07. The van der Waals surface area contributed by atoms with Crippen LogP contribution in [0.25, 0.3) is 5.95 Å². The number of rotatable bonds is 6. The van der Waals surface area contributed by atoms with Crippen LogP contribution in [0, 0.1) is 13.8 Å². The third-order valence-corrected chi connectivity index (χ3v) is 3.96. The average Bonchev–Trinajstić information content (AvgIpc) is 3.17. The molecule has 8 heteroatoms. The Morgan fingerprint density at radius 1 is 1.28 bits per heavy atom. The molecule has 0 fully saturated rings. The normalized spacial score (nSPS) is 11.4. The van der Waals surface area contributed by atoms with Gasteiger partial charge >= 0.3 is 0 Å². The van der Waals surface area contributed by atoms with E-state index in [1.165, 1.54) is 0 Å². The summed E-state index contributed by atoms with van der Waals surface area (Å²) in [6.45, 7) is 6.64. The monoisotopic (exact) mass is 402 g/mol. The molecular weight excluding hydrogens is 384 g/mol. The van der Waals surface area contributed by atoms with E-state index in [9.17, 15) is 0 Å². The second kappa shape index (κ2) is 7.60. The molecule has 0 saturated heterocycles. The summed E-state index contributed by atoms with van der Waals surface area (Å²) in [5.41, 5.74) is 2.76. The van der Waals surface area contributed by atoms with Crippen molar-refractivity contribution in [3.8, 4) is 11.7 Å². The maximum atomic E-state index is 5.78. The number of benzene rings is 1. The minimum absolute atomic E-state index is 0.535. The molecule has 0 atom stereocenters. The fourth-order valence-electron chi connectivity index (χ4n) is 2.36. The Labute approximate surface area is 154 Å². The first-order valence-electron chi connectivity index (χ1n) is 7.99. The molecule has 0 unspecified atom stereocenters. The van der Waals surface area contributed by atoms with Crippen LogP contribution in [0.5, 0.6) is 5.75 Å². The van der Waals surface area contributed by atoms with Gasteiger partial charge in [-0.2, -0.15) is 14.9 Å². The number of halogens is 1. The predicted molar refractivity (Wildman–Crippen MR) is 99.5 cm³/mol. The summed E-state index contributed by atoms with van der Waals surface area (Å²) < 4.78 is 10.0. The molecule has 0 bridgehead atoms. The summed E-state index contributed by atoms with van der Waals surface area (Å²) in [5.74, 6) is 1.32. The van der Waals surface area contributed by atoms with Gasteiger partial charge in [0.1, 0.15) is 12.1 Å². The van der Waals surface area contributed by atoms with Crippen molar-refractivity contribution in [1.29, 1.82) is 0 Å². The highest BCUT2D eigenvalue weighted by Gasteiger charge is 2.11. The van der Waals surface area contributed by atoms with Gasteiger partial charge < -0.3 is 4.74 Å². The number of aromatic nitrogens is 5. The second-order valence-electron chi connectivity index (χ2n) is 5.59. The highest BCUT2D eigenvalue weighted by atomic mass is 79.9. The van der Waals surface area contributed by atoms with Crippen molar-refractivity contribution in [2.75, 3.05) is 6.61 Å². The van der Waals surface area contributed by atoms with Crippen LogP contribution in [0.2, 0.25) is 0 Å². The van der Waals surface area contributed by atoms with Crippen LogP contribution in [0.1, 0.15) is 30.3 Å². The Kier molecular flexibility index (Phi) is 5.28.